The number of hydrogen-bond donors (Lipinski definition) is 0. The number of nitrogens with zero attached hydrogens (tertiary/aromatic N) is 3. The van der Waals surface area contributed by atoms with Crippen molar-refractivity contribution in [1.29, 1.82) is 0 Å². The van der Waals surface area contributed by atoms with Crippen molar-refractivity contribution < 1.29 is 0 Å². The average Bonchev–Trinajstić information content (AvgIpc) is 2.70. The van der Waals surface area contributed by atoms with Gasteiger partial charge in [0.2, 0.25) is 0 Å². The van der Waals surface area contributed by atoms with Crippen LogP contribution in [0.15, 0.2) is 18.2 Å². The van der Waals surface area contributed by atoms with Crippen molar-refractivity contribution in [3.05, 3.63) is 41.0 Å². The first-order chi connectivity index (χ1) is 7.79. The second-order valence-corrected chi connectivity index (χ2v) is 4.32. The van der Waals surface area contributed by atoms with Gasteiger partial charge in [0.1, 0.15) is 11.6 Å². The normalized spacial score (nSPS) is 13.4. The molecular weight excluding hydrogens is 198 g/mol. The van der Waals surface area contributed by atoms with Crippen LogP contribution in [0.2, 0.25) is 0 Å². The molecular formula is C13H15N3. The standard InChI is InChI=1S/C13H15N3/c1-3-10-4-6-12-11(8-10)5-7-13-15-14-9(2)16(12)13/h4,6,8H,3,5,7H2,1-2H3. The summed E-state index contributed by atoms with van der Waals surface area (Å²) in [6.07, 6.45) is 3.18. The number of benzene rings is 1. The molecule has 1 aromatic carbocycles. The molecule has 0 N–H and O–H groups in total. The molecule has 0 unspecified atom stereocenters. The first kappa shape index (κ1) is 9.58. The summed E-state index contributed by atoms with van der Waals surface area (Å²) in [6, 6.07) is 6.72. The fraction of sp³-hybridized carbons (Fsp3) is 0.385. The van der Waals surface area contributed by atoms with Gasteiger partial charge in [-0.05, 0) is 37.0 Å². The number of fused-ring (bicyclic) bond motifs is 3. The molecule has 0 fully saturated rings. The first-order valence-corrected chi connectivity index (χ1v) is 5.82. The van der Waals surface area contributed by atoms with Crippen LogP contribution >= 0.6 is 0 Å². The highest BCUT2D eigenvalue weighted by molar-refractivity contribution is 5.47. The van der Waals surface area contributed by atoms with Crippen LogP contribution in [0.4, 0.5) is 0 Å². The molecule has 0 radical (unpaired) electrons. The molecule has 0 saturated carbocycles. The third kappa shape index (κ3) is 1.28. The fourth-order valence-electron chi connectivity index (χ4n) is 2.41. The van der Waals surface area contributed by atoms with E-state index in [0.717, 1.165) is 30.9 Å². The molecule has 0 bridgehead atoms. The van der Waals surface area contributed by atoms with Crippen molar-refractivity contribution in [1.82, 2.24) is 14.8 Å². The summed E-state index contributed by atoms with van der Waals surface area (Å²) in [6.45, 7) is 4.21. The SMILES string of the molecule is CCc1ccc2c(c1)CCc1nnc(C)n1-2. The predicted octanol–water partition coefficient (Wildman–Crippen LogP) is 2.24. The van der Waals surface area contributed by atoms with E-state index in [1.54, 1.807) is 0 Å². The lowest BCUT2D eigenvalue weighted by molar-refractivity contribution is 0.764. The van der Waals surface area contributed by atoms with Crippen molar-refractivity contribution in [2.45, 2.75) is 33.1 Å². The molecule has 0 aliphatic carbocycles. The van der Waals surface area contributed by atoms with Gasteiger partial charge in [0.15, 0.2) is 0 Å². The lowest BCUT2D eigenvalue weighted by Crippen LogP contribution is -2.13. The predicted molar refractivity (Wildman–Crippen MR) is 62.9 cm³/mol. The summed E-state index contributed by atoms with van der Waals surface area (Å²) >= 11 is 0. The molecule has 1 aliphatic rings. The zero-order valence-corrected chi connectivity index (χ0v) is 9.70. The van der Waals surface area contributed by atoms with E-state index in [-0.39, 0.29) is 0 Å². The lowest BCUT2D eigenvalue weighted by Gasteiger charge is -2.19. The van der Waals surface area contributed by atoms with Crippen molar-refractivity contribution in [3.8, 4) is 5.69 Å². The van der Waals surface area contributed by atoms with Crippen LogP contribution in [-0.4, -0.2) is 14.8 Å². The maximum absolute atomic E-state index is 4.21. The minimum atomic E-state index is 0.986. The molecule has 0 spiro atoms. The van der Waals surface area contributed by atoms with E-state index in [4.69, 9.17) is 0 Å². The van der Waals surface area contributed by atoms with Gasteiger partial charge in [-0.1, -0.05) is 19.1 Å². The molecule has 1 aromatic heterocycles. The number of aromatic nitrogens is 3. The molecule has 0 saturated heterocycles. The van der Waals surface area contributed by atoms with Gasteiger partial charge in [-0.25, -0.2) is 0 Å². The fourth-order valence-corrected chi connectivity index (χ4v) is 2.41. The van der Waals surface area contributed by atoms with Crippen LogP contribution in [0, 0.1) is 6.92 Å². The van der Waals surface area contributed by atoms with Crippen LogP contribution in [0.25, 0.3) is 5.69 Å². The highest BCUT2D eigenvalue weighted by atomic mass is 15.3. The number of rotatable bonds is 1. The van der Waals surface area contributed by atoms with E-state index in [2.05, 4.69) is 39.9 Å². The highest BCUT2D eigenvalue weighted by Crippen LogP contribution is 2.25. The van der Waals surface area contributed by atoms with Crippen molar-refractivity contribution in [3.63, 3.8) is 0 Å². The van der Waals surface area contributed by atoms with Gasteiger partial charge in [0.25, 0.3) is 0 Å². The van der Waals surface area contributed by atoms with Gasteiger partial charge >= 0.3 is 0 Å². The van der Waals surface area contributed by atoms with Gasteiger partial charge in [-0.3, -0.25) is 4.57 Å². The van der Waals surface area contributed by atoms with Gasteiger partial charge in [0.05, 0.1) is 5.69 Å². The topological polar surface area (TPSA) is 30.7 Å². The molecule has 0 amide bonds. The van der Waals surface area contributed by atoms with Crippen LogP contribution < -0.4 is 0 Å². The third-order valence-electron chi connectivity index (χ3n) is 3.30. The lowest BCUT2D eigenvalue weighted by atomic mass is 9.99. The second kappa shape index (κ2) is 3.44. The smallest absolute Gasteiger partial charge is 0.137 e. The summed E-state index contributed by atoms with van der Waals surface area (Å²) in [5.41, 5.74) is 4.10. The molecule has 2 aromatic rings. The zero-order valence-electron chi connectivity index (χ0n) is 9.70. The highest BCUT2D eigenvalue weighted by Gasteiger charge is 2.19. The van der Waals surface area contributed by atoms with Crippen molar-refractivity contribution in [2.24, 2.45) is 0 Å². The van der Waals surface area contributed by atoms with Crippen molar-refractivity contribution in [2.75, 3.05) is 0 Å². The summed E-state index contributed by atoms with van der Waals surface area (Å²) in [5.74, 6) is 2.08. The maximum Gasteiger partial charge on any atom is 0.137 e. The Balaban J connectivity index is 2.21. The van der Waals surface area contributed by atoms with E-state index in [0.29, 0.717) is 0 Å². The maximum atomic E-state index is 4.21. The summed E-state index contributed by atoms with van der Waals surface area (Å²) < 4.78 is 2.18. The van der Waals surface area contributed by atoms with E-state index in [1.165, 1.54) is 16.8 Å². The van der Waals surface area contributed by atoms with E-state index in [1.807, 2.05) is 6.92 Å². The Morgan fingerprint density at radius 1 is 1.25 bits per heavy atom. The molecule has 0 atom stereocenters. The summed E-state index contributed by atoms with van der Waals surface area (Å²) in [7, 11) is 0. The van der Waals surface area contributed by atoms with Crippen LogP contribution in [-0.2, 0) is 19.3 Å². The Labute approximate surface area is 95.1 Å². The Morgan fingerprint density at radius 3 is 2.94 bits per heavy atom. The Morgan fingerprint density at radius 2 is 2.12 bits per heavy atom. The van der Waals surface area contributed by atoms with Crippen molar-refractivity contribution >= 4 is 0 Å². The molecule has 82 valence electrons. The van der Waals surface area contributed by atoms with Gasteiger partial charge < -0.3 is 0 Å². The average molecular weight is 213 g/mol. The van der Waals surface area contributed by atoms with Crippen LogP contribution in [0.3, 0.4) is 0 Å². The number of aryl methyl sites for hydroxylation is 4. The largest absolute Gasteiger partial charge is 0.283 e. The molecule has 3 heteroatoms. The molecule has 16 heavy (non-hydrogen) atoms. The van der Waals surface area contributed by atoms with Gasteiger partial charge in [-0.15, -0.1) is 10.2 Å². The minimum Gasteiger partial charge on any atom is -0.283 e. The van der Waals surface area contributed by atoms with Crippen LogP contribution in [0.1, 0.15) is 29.7 Å². The monoisotopic (exact) mass is 213 g/mol. The Hall–Kier alpha value is -1.64. The molecule has 1 aliphatic heterocycles. The van der Waals surface area contributed by atoms with Crippen LogP contribution in [0.5, 0.6) is 0 Å². The van der Waals surface area contributed by atoms with E-state index >= 15 is 0 Å². The minimum absolute atomic E-state index is 0.986. The van der Waals surface area contributed by atoms with Gasteiger partial charge in [0, 0.05) is 6.42 Å². The third-order valence-corrected chi connectivity index (χ3v) is 3.30. The first-order valence-electron chi connectivity index (χ1n) is 5.82. The quantitative estimate of drug-likeness (QED) is 0.727. The van der Waals surface area contributed by atoms with E-state index in [9.17, 15) is 0 Å². The second-order valence-electron chi connectivity index (χ2n) is 4.32. The Bertz CT molecular complexity index is 540. The number of hydrogen-bond acceptors (Lipinski definition) is 2. The summed E-state index contributed by atoms with van der Waals surface area (Å²) in [4.78, 5) is 0. The van der Waals surface area contributed by atoms with E-state index < -0.39 is 0 Å². The molecule has 2 heterocycles. The van der Waals surface area contributed by atoms with Gasteiger partial charge in [-0.2, -0.15) is 0 Å². The zero-order chi connectivity index (χ0) is 11.1. The molecule has 3 rings (SSSR count). The molecule has 3 nitrogen and oxygen atoms in total. The Kier molecular flexibility index (Phi) is 2.06. The summed E-state index contributed by atoms with van der Waals surface area (Å²) in [5, 5.41) is 8.36.